The Balaban J connectivity index is 5.20. The predicted octanol–water partition coefficient (Wildman–Crippen LogP) is 23.9. The number of unbranched alkanes of at least 4 members (excludes halogenated alkanes) is 49. The van der Waals surface area contributed by atoms with E-state index in [0.717, 1.165) is 102 Å². The number of aliphatic hydroxyl groups excluding tert-OH is 1. The minimum Gasteiger partial charge on any atom is -0.462 e. The summed E-state index contributed by atoms with van der Waals surface area (Å²) in [6.45, 7) is 9.61. The second kappa shape index (κ2) is 71.7. The van der Waals surface area contributed by atoms with Crippen molar-refractivity contribution >= 4 is 39.5 Å². The number of carbonyl (C=O) groups is 4. The molecule has 0 aromatic carbocycles. The predicted molar refractivity (Wildman–Crippen MR) is 405 cm³/mol. The molecule has 0 heterocycles. The normalized spacial score (nSPS) is 13.9. The molecule has 0 saturated heterocycles. The van der Waals surface area contributed by atoms with Gasteiger partial charge in [-0.2, -0.15) is 0 Å². The number of aliphatic hydroxyl groups is 1. The molecule has 0 aliphatic carbocycles. The molecule has 0 rings (SSSR count). The monoisotopic (exact) mass is 1450 g/mol. The van der Waals surface area contributed by atoms with Crippen LogP contribution in [0.25, 0.3) is 0 Å². The summed E-state index contributed by atoms with van der Waals surface area (Å²) in [6.07, 6.45) is 61.1. The zero-order valence-corrected chi connectivity index (χ0v) is 66.6. The molecule has 99 heavy (non-hydrogen) atoms. The van der Waals surface area contributed by atoms with Crippen molar-refractivity contribution in [3.05, 3.63) is 0 Å². The van der Waals surface area contributed by atoms with Crippen LogP contribution in [0, 0.1) is 11.8 Å². The van der Waals surface area contributed by atoms with Gasteiger partial charge in [0.1, 0.15) is 19.3 Å². The van der Waals surface area contributed by atoms with E-state index in [4.69, 9.17) is 37.0 Å². The van der Waals surface area contributed by atoms with Gasteiger partial charge in [0.25, 0.3) is 0 Å². The summed E-state index contributed by atoms with van der Waals surface area (Å²) in [5.74, 6) is -0.569. The lowest BCUT2D eigenvalue weighted by Crippen LogP contribution is -2.30. The number of hydrogen-bond donors (Lipinski definition) is 3. The maximum Gasteiger partial charge on any atom is 0.472 e. The second-order valence-electron chi connectivity index (χ2n) is 29.8. The van der Waals surface area contributed by atoms with E-state index in [0.29, 0.717) is 25.7 Å². The molecule has 19 heteroatoms. The van der Waals surface area contributed by atoms with Gasteiger partial charge in [0.2, 0.25) is 0 Å². The number of carbonyl (C=O) groups excluding carboxylic acids is 4. The summed E-state index contributed by atoms with van der Waals surface area (Å²) in [5, 5.41) is 10.6. The van der Waals surface area contributed by atoms with E-state index in [1.165, 1.54) is 238 Å². The molecule has 0 spiro atoms. The Morgan fingerprint density at radius 2 is 0.465 bits per heavy atom. The fourth-order valence-corrected chi connectivity index (χ4v) is 13.9. The average Bonchev–Trinajstić information content (AvgIpc) is 1.47. The van der Waals surface area contributed by atoms with Gasteiger partial charge in [-0.05, 0) is 37.5 Å². The summed E-state index contributed by atoms with van der Waals surface area (Å²) < 4.78 is 68.6. The number of ether oxygens (including phenoxy) is 4. The topological polar surface area (TPSA) is 237 Å². The minimum atomic E-state index is -4.96. The number of rotatable bonds is 79. The Morgan fingerprint density at radius 1 is 0.273 bits per heavy atom. The number of phosphoric acid groups is 2. The Kier molecular flexibility index (Phi) is 70.3. The summed E-state index contributed by atoms with van der Waals surface area (Å²) in [7, 11) is -9.91. The van der Waals surface area contributed by atoms with Gasteiger partial charge in [0, 0.05) is 25.7 Å². The van der Waals surface area contributed by atoms with Crippen LogP contribution < -0.4 is 0 Å². The van der Waals surface area contributed by atoms with Crippen LogP contribution in [-0.4, -0.2) is 96.7 Å². The third-order valence-corrected chi connectivity index (χ3v) is 20.6. The first-order valence-electron chi connectivity index (χ1n) is 41.5. The zero-order chi connectivity index (χ0) is 72.8. The summed E-state index contributed by atoms with van der Waals surface area (Å²) in [4.78, 5) is 72.9. The van der Waals surface area contributed by atoms with Crippen LogP contribution in [0.3, 0.4) is 0 Å². The van der Waals surface area contributed by atoms with Crippen molar-refractivity contribution in [3.63, 3.8) is 0 Å². The Bertz CT molecular complexity index is 1910. The molecule has 17 nitrogen and oxygen atoms in total. The van der Waals surface area contributed by atoms with Crippen molar-refractivity contribution in [1.82, 2.24) is 0 Å². The van der Waals surface area contributed by atoms with E-state index >= 15 is 0 Å². The van der Waals surface area contributed by atoms with E-state index in [1.807, 2.05) is 0 Å². The average molecular weight is 1450 g/mol. The highest BCUT2D eigenvalue weighted by Crippen LogP contribution is 2.45. The molecule has 0 fully saturated rings. The zero-order valence-electron chi connectivity index (χ0n) is 64.8. The van der Waals surface area contributed by atoms with Crippen LogP contribution in [-0.2, 0) is 65.4 Å². The van der Waals surface area contributed by atoms with Crippen molar-refractivity contribution in [2.75, 3.05) is 39.6 Å². The maximum absolute atomic E-state index is 13.1. The third kappa shape index (κ3) is 74.1. The van der Waals surface area contributed by atoms with E-state index < -0.39 is 97.5 Å². The summed E-state index contributed by atoms with van der Waals surface area (Å²) >= 11 is 0. The summed E-state index contributed by atoms with van der Waals surface area (Å²) in [6, 6.07) is 0. The van der Waals surface area contributed by atoms with Crippen LogP contribution in [0.5, 0.6) is 0 Å². The standard InChI is InChI=1S/C80H156O17P2/c1-7-9-11-13-15-17-18-19-20-21-22-23-24-25-26-29-33-40-46-52-58-64-79(84)96-76(69-91-78(83)63-57-51-45-39-32-30-27-28-31-37-42-48-54-60-72(3)4)71-95-99(88,89)93-67-74(81)66-92-98(86,87)94-70-75(68-90-77(82)62-56-50-44-36-16-14-12-10-8-2)97-80(85)65-59-53-47-41-35-34-38-43-49-55-61-73(5)6/h72-76,81H,7-71H2,1-6H3,(H,86,87)(H,88,89)/t74-,75+,76+/m0/s1. The first kappa shape index (κ1) is 97.1. The highest BCUT2D eigenvalue weighted by molar-refractivity contribution is 7.47. The lowest BCUT2D eigenvalue weighted by atomic mass is 10.0. The lowest BCUT2D eigenvalue weighted by molar-refractivity contribution is -0.161. The van der Waals surface area contributed by atoms with E-state index in [2.05, 4.69) is 41.5 Å². The second-order valence-corrected chi connectivity index (χ2v) is 32.7. The quantitative estimate of drug-likeness (QED) is 0.0222. The molecule has 0 saturated carbocycles. The fraction of sp³-hybridized carbons (Fsp3) is 0.950. The molecule has 0 aromatic heterocycles. The molecule has 0 aliphatic rings. The molecule has 3 N–H and O–H groups in total. The minimum absolute atomic E-state index is 0.106. The maximum atomic E-state index is 13.1. The highest BCUT2D eigenvalue weighted by atomic mass is 31.2. The first-order chi connectivity index (χ1) is 47.9. The van der Waals surface area contributed by atoms with Gasteiger partial charge in [0.15, 0.2) is 12.2 Å². The molecule has 0 aliphatic heterocycles. The molecule has 5 atom stereocenters. The van der Waals surface area contributed by atoms with Gasteiger partial charge >= 0.3 is 39.5 Å². The van der Waals surface area contributed by atoms with Crippen LogP contribution in [0.1, 0.15) is 420 Å². The Labute approximate surface area is 607 Å². The molecular formula is C80H156O17P2. The molecule has 0 bridgehead atoms. The van der Waals surface area contributed by atoms with Gasteiger partial charge < -0.3 is 33.8 Å². The molecule has 0 radical (unpaired) electrons. The van der Waals surface area contributed by atoms with E-state index in [9.17, 15) is 43.2 Å². The largest absolute Gasteiger partial charge is 0.472 e. The van der Waals surface area contributed by atoms with Gasteiger partial charge in [-0.3, -0.25) is 37.3 Å². The fourth-order valence-electron chi connectivity index (χ4n) is 12.4. The van der Waals surface area contributed by atoms with Crippen molar-refractivity contribution in [2.24, 2.45) is 11.8 Å². The highest BCUT2D eigenvalue weighted by Gasteiger charge is 2.30. The number of phosphoric ester groups is 2. The van der Waals surface area contributed by atoms with Gasteiger partial charge in [0.05, 0.1) is 26.4 Å². The third-order valence-electron chi connectivity index (χ3n) is 18.7. The lowest BCUT2D eigenvalue weighted by Gasteiger charge is -2.21. The van der Waals surface area contributed by atoms with Crippen molar-refractivity contribution in [3.8, 4) is 0 Å². The Hall–Kier alpha value is -1.94. The van der Waals surface area contributed by atoms with Crippen LogP contribution in [0.4, 0.5) is 0 Å². The smallest absolute Gasteiger partial charge is 0.462 e. The van der Waals surface area contributed by atoms with Gasteiger partial charge in [-0.25, -0.2) is 9.13 Å². The first-order valence-corrected chi connectivity index (χ1v) is 44.5. The molecular weight excluding hydrogens is 1290 g/mol. The van der Waals surface area contributed by atoms with Crippen molar-refractivity contribution in [2.45, 2.75) is 439 Å². The molecule has 0 aromatic rings. The van der Waals surface area contributed by atoms with Crippen LogP contribution in [0.2, 0.25) is 0 Å². The van der Waals surface area contributed by atoms with Gasteiger partial charge in [-0.15, -0.1) is 0 Å². The SMILES string of the molecule is CCCCCCCCCCCCCCCCCCCCCCCC(=O)O[C@H](COC(=O)CCCCCCCCCCCCCCCC(C)C)COP(=O)(O)OC[C@@H](O)COP(=O)(O)OC[C@@H](COC(=O)CCCCCCCCCCC)OC(=O)CCCCCCCCCCCCC(C)C. The molecule has 2 unspecified atom stereocenters. The Morgan fingerprint density at radius 3 is 0.687 bits per heavy atom. The van der Waals surface area contributed by atoms with Crippen molar-refractivity contribution in [1.29, 1.82) is 0 Å². The van der Waals surface area contributed by atoms with E-state index in [1.54, 1.807) is 0 Å². The summed E-state index contributed by atoms with van der Waals surface area (Å²) in [5.41, 5.74) is 0. The molecule has 0 amide bonds. The van der Waals surface area contributed by atoms with Crippen LogP contribution >= 0.6 is 15.6 Å². The van der Waals surface area contributed by atoms with E-state index in [-0.39, 0.29) is 25.7 Å². The molecule has 588 valence electrons. The van der Waals surface area contributed by atoms with Crippen molar-refractivity contribution < 1.29 is 80.2 Å². The van der Waals surface area contributed by atoms with Gasteiger partial charge in [-0.1, -0.05) is 369 Å². The number of esters is 4. The number of hydrogen-bond acceptors (Lipinski definition) is 15. The van der Waals surface area contributed by atoms with Crippen LogP contribution in [0.15, 0.2) is 0 Å².